The molecule has 0 saturated heterocycles. The van der Waals surface area contributed by atoms with Crippen molar-refractivity contribution in [1.82, 2.24) is 9.88 Å². The molecule has 1 heterocycles. The van der Waals surface area contributed by atoms with Gasteiger partial charge in [-0.2, -0.15) is 13.2 Å². The van der Waals surface area contributed by atoms with Gasteiger partial charge in [-0.15, -0.1) is 0 Å². The van der Waals surface area contributed by atoms with Crippen LogP contribution in [0, 0.1) is 0 Å². The van der Waals surface area contributed by atoms with Crippen molar-refractivity contribution in [2.75, 3.05) is 25.5 Å². The van der Waals surface area contributed by atoms with E-state index in [4.69, 9.17) is 11.6 Å². The first kappa shape index (κ1) is 15.6. The first-order valence-corrected chi connectivity index (χ1v) is 5.86. The number of carbonyl (C=O) groups is 1. The molecule has 0 bridgehead atoms. The van der Waals surface area contributed by atoms with E-state index in [9.17, 15) is 18.0 Å². The molecule has 0 aliphatic carbocycles. The summed E-state index contributed by atoms with van der Waals surface area (Å²) in [5.74, 6) is -0.417. The number of aromatic nitrogens is 1. The molecule has 106 valence electrons. The molecule has 0 atom stereocenters. The third-order valence-corrected chi connectivity index (χ3v) is 2.53. The third-order valence-electron chi connectivity index (χ3n) is 2.34. The maximum absolute atomic E-state index is 12.3. The predicted octanol–water partition coefficient (Wildman–Crippen LogP) is 2.80. The monoisotopic (exact) mass is 295 g/mol. The van der Waals surface area contributed by atoms with Crippen LogP contribution in [0.25, 0.3) is 0 Å². The number of rotatable bonds is 4. The van der Waals surface area contributed by atoms with E-state index >= 15 is 0 Å². The Morgan fingerprint density at radius 2 is 2.11 bits per heavy atom. The average molecular weight is 296 g/mol. The van der Waals surface area contributed by atoms with Gasteiger partial charge in [-0.25, -0.2) is 4.98 Å². The van der Waals surface area contributed by atoms with Crippen LogP contribution in [0.15, 0.2) is 12.1 Å². The van der Waals surface area contributed by atoms with Crippen LogP contribution in [0.1, 0.15) is 17.3 Å². The van der Waals surface area contributed by atoms with Crippen LogP contribution in [0.3, 0.4) is 0 Å². The Bertz CT molecular complexity index is 465. The van der Waals surface area contributed by atoms with Crippen molar-refractivity contribution in [2.24, 2.45) is 0 Å². The fraction of sp³-hybridized carbons (Fsp3) is 0.455. The topological polar surface area (TPSA) is 45.2 Å². The van der Waals surface area contributed by atoms with E-state index < -0.39 is 18.6 Å². The minimum Gasteiger partial charge on any atom is -0.373 e. The van der Waals surface area contributed by atoms with Crippen LogP contribution >= 0.6 is 11.6 Å². The molecule has 0 saturated carbocycles. The minimum absolute atomic E-state index is 0.0401. The number of halogens is 4. The van der Waals surface area contributed by atoms with Crippen molar-refractivity contribution in [3.05, 3.63) is 22.8 Å². The van der Waals surface area contributed by atoms with Crippen LogP contribution in [-0.4, -0.2) is 42.1 Å². The molecule has 1 N–H and O–H groups in total. The number of carbonyl (C=O) groups excluding carboxylic acids is 1. The number of amides is 1. The number of hydrogen-bond acceptors (Lipinski definition) is 3. The molecule has 0 aromatic carbocycles. The smallest absolute Gasteiger partial charge is 0.373 e. The van der Waals surface area contributed by atoms with E-state index in [0.29, 0.717) is 10.7 Å². The van der Waals surface area contributed by atoms with E-state index in [-0.39, 0.29) is 17.3 Å². The Morgan fingerprint density at radius 3 is 2.58 bits per heavy atom. The molecule has 1 amide bonds. The van der Waals surface area contributed by atoms with Gasteiger partial charge < -0.3 is 10.2 Å². The van der Waals surface area contributed by atoms with Gasteiger partial charge in [0.25, 0.3) is 5.91 Å². The molecular formula is C11H13ClF3N3O. The summed E-state index contributed by atoms with van der Waals surface area (Å²) in [6, 6.07) is 2.59. The van der Waals surface area contributed by atoms with E-state index in [0.717, 1.165) is 0 Å². The third kappa shape index (κ3) is 4.59. The zero-order valence-electron chi connectivity index (χ0n) is 10.4. The van der Waals surface area contributed by atoms with E-state index in [1.165, 1.54) is 19.1 Å². The summed E-state index contributed by atoms with van der Waals surface area (Å²) < 4.78 is 37.0. The van der Waals surface area contributed by atoms with Crippen molar-refractivity contribution in [1.29, 1.82) is 0 Å². The molecule has 0 spiro atoms. The average Bonchev–Trinajstić information content (AvgIpc) is 2.33. The molecule has 8 heteroatoms. The molecule has 1 aromatic rings. The normalized spacial score (nSPS) is 11.3. The van der Waals surface area contributed by atoms with Gasteiger partial charge in [-0.1, -0.05) is 11.6 Å². The van der Waals surface area contributed by atoms with Crippen molar-refractivity contribution >= 4 is 23.3 Å². The van der Waals surface area contributed by atoms with Gasteiger partial charge in [0.15, 0.2) is 0 Å². The highest BCUT2D eigenvalue weighted by Gasteiger charge is 2.32. The van der Waals surface area contributed by atoms with Crippen LogP contribution in [0.5, 0.6) is 0 Å². The van der Waals surface area contributed by atoms with Crippen LogP contribution in [0.4, 0.5) is 19.0 Å². The fourth-order valence-corrected chi connectivity index (χ4v) is 1.68. The van der Waals surface area contributed by atoms with Crippen molar-refractivity contribution in [3.8, 4) is 0 Å². The molecule has 0 aliphatic rings. The lowest BCUT2D eigenvalue weighted by Crippen LogP contribution is -2.38. The molecule has 4 nitrogen and oxygen atoms in total. The first-order chi connectivity index (χ1) is 8.76. The lowest BCUT2D eigenvalue weighted by Gasteiger charge is -2.22. The molecule has 0 fully saturated rings. The van der Waals surface area contributed by atoms with Crippen LogP contribution < -0.4 is 5.32 Å². The zero-order chi connectivity index (χ0) is 14.6. The van der Waals surface area contributed by atoms with Crippen LogP contribution in [0.2, 0.25) is 5.15 Å². The number of nitrogens with one attached hydrogen (secondary N) is 1. The van der Waals surface area contributed by atoms with Gasteiger partial charge in [0.2, 0.25) is 0 Å². The Labute approximate surface area is 113 Å². The minimum atomic E-state index is -4.44. The largest absolute Gasteiger partial charge is 0.406 e. The highest BCUT2D eigenvalue weighted by atomic mass is 35.5. The summed E-state index contributed by atoms with van der Waals surface area (Å²) in [4.78, 5) is 16.5. The Kier molecular flexibility index (Phi) is 4.99. The summed E-state index contributed by atoms with van der Waals surface area (Å²) in [6.45, 7) is 0.135. The molecule has 1 aromatic heterocycles. The maximum atomic E-state index is 12.3. The van der Waals surface area contributed by atoms with Gasteiger partial charge in [0, 0.05) is 19.2 Å². The predicted molar refractivity (Wildman–Crippen MR) is 66.4 cm³/mol. The van der Waals surface area contributed by atoms with Gasteiger partial charge >= 0.3 is 6.18 Å². The van der Waals surface area contributed by atoms with Crippen molar-refractivity contribution < 1.29 is 18.0 Å². The standard InChI is InChI=1S/C11H13ClF3N3O/c1-3-18(6-11(13,14)15)10(19)7-4-8(12)17-9(5-7)16-2/h4-5H,3,6H2,1-2H3,(H,16,17). The Balaban J connectivity index is 3.00. The molecule has 0 aliphatic heterocycles. The first-order valence-electron chi connectivity index (χ1n) is 5.48. The van der Waals surface area contributed by atoms with Crippen molar-refractivity contribution in [2.45, 2.75) is 13.1 Å². The molecule has 19 heavy (non-hydrogen) atoms. The Hall–Kier alpha value is -1.50. The highest BCUT2D eigenvalue weighted by Crippen LogP contribution is 2.20. The molecule has 1 rings (SSSR count). The Morgan fingerprint density at radius 1 is 1.47 bits per heavy atom. The highest BCUT2D eigenvalue weighted by molar-refractivity contribution is 6.29. The zero-order valence-corrected chi connectivity index (χ0v) is 11.1. The van der Waals surface area contributed by atoms with E-state index in [1.54, 1.807) is 7.05 Å². The summed E-state index contributed by atoms with van der Waals surface area (Å²) in [5, 5.41) is 2.72. The van der Waals surface area contributed by atoms with Crippen molar-refractivity contribution in [3.63, 3.8) is 0 Å². The number of nitrogens with zero attached hydrogens (tertiary/aromatic N) is 2. The second-order valence-corrected chi connectivity index (χ2v) is 4.14. The summed E-state index contributed by atoms with van der Waals surface area (Å²) >= 11 is 5.71. The maximum Gasteiger partial charge on any atom is 0.406 e. The fourth-order valence-electron chi connectivity index (χ4n) is 1.47. The molecule has 0 radical (unpaired) electrons. The number of alkyl halides is 3. The molecular weight excluding hydrogens is 283 g/mol. The second-order valence-electron chi connectivity index (χ2n) is 3.75. The quantitative estimate of drug-likeness (QED) is 0.869. The SMILES string of the molecule is CCN(CC(F)(F)F)C(=O)c1cc(Cl)nc(NC)c1. The molecule has 0 unspecified atom stereocenters. The summed E-state index contributed by atoms with van der Waals surface area (Å²) in [6.07, 6.45) is -4.44. The number of hydrogen-bond donors (Lipinski definition) is 1. The van der Waals surface area contributed by atoms with Gasteiger partial charge in [-0.3, -0.25) is 4.79 Å². The van der Waals surface area contributed by atoms with Gasteiger partial charge in [0.05, 0.1) is 0 Å². The summed E-state index contributed by atoms with van der Waals surface area (Å²) in [7, 11) is 1.57. The summed E-state index contributed by atoms with van der Waals surface area (Å²) in [5.41, 5.74) is 0.0652. The number of pyridine rings is 1. The van der Waals surface area contributed by atoms with Gasteiger partial charge in [0.1, 0.15) is 17.5 Å². The van der Waals surface area contributed by atoms with Gasteiger partial charge in [-0.05, 0) is 19.1 Å². The van der Waals surface area contributed by atoms with E-state index in [1.807, 2.05) is 0 Å². The number of anilines is 1. The van der Waals surface area contributed by atoms with Crippen LogP contribution in [-0.2, 0) is 0 Å². The lowest BCUT2D eigenvalue weighted by atomic mass is 10.2. The second kappa shape index (κ2) is 6.10. The lowest BCUT2D eigenvalue weighted by molar-refractivity contribution is -0.140. The van der Waals surface area contributed by atoms with E-state index in [2.05, 4.69) is 10.3 Å².